The second-order valence-corrected chi connectivity index (χ2v) is 8.11. The summed E-state index contributed by atoms with van der Waals surface area (Å²) in [4.78, 5) is 26.7. The summed E-state index contributed by atoms with van der Waals surface area (Å²) in [6, 6.07) is 15.1. The number of halogens is 1. The first-order valence-corrected chi connectivity index (χ1v) is 10.3. The molecule has 1 saturated heterocycles. The van der Waals surface area contributed by atoms with Gasteiger partial charge in [-0.3, -0.25) is 14.5 Å². The van der Waals surface area contributed by atoms with E-state index >= 15 is 0 Å². The van der Waals surface area contributed by atoms with Crippen molar-refractivity contribution in [3.8, 4) is 5.75 Å². The lowest BCUT2D eigenvalue weighted by molar-refractivity contribution is -0.123. The van der Waals surface area contributed by atoms with E-state index in [1.165, 1.54) is 4.90 Å². The molecule has 6 heteroatoms. The smallest absolute Gasteiger partial charge is 0.293 e. The molecule has 0 saturated carbocycles. The van der Waals surface area contributed by atoms with Crippen molar-refractivity contribution in [3.63, 3.8) is 0 Å². The van der Waals surface area contributed by atoms with Crippen LogP contribution in [0.25, 0.3) is 6.08 Å². The number of amides is 2. The molecule has 1 fully saturated rings. The first-order valence-electron chi connectivity index (χ1n) is 8.73. The predicted octanol–water partition coefficient (Wildman–Crippen LogP) is 5.86. The minimum Gasteiger partial charge on any atom is -0.491 e. The monoisotopic (exact) mass is 445 g/mol. The molecule has 2 aromatic rings. The Hall–Kier alpha value is -2.05. The molecule has 1 aliphatic rings. The van der Waals surface area contributed by atoms with Crippen molar-refractivity contribution in [2.24, 2.45) is 0 Å². The maximum Gasteiger partial charge on any atom is 0.293 e. The summed E-state index contributed by atoms with van der Waals surface area (Å²) in [5.41, 5.74) is 1.76. The van der Waals surface area contributed by atoms with Gasteiger partial charge in [0.1, 0.15) is 5.75 Å². The number of nitrogens with zero attached hydrogens (tertiary/aromatic N) is 1. The van der Waals surface area contributed by atoms with Crippen molar-refractivity contribution in [2.75, 3.05) is 0 Å². The van der Waals surface area contributed by atoms with Gasteiger partial charge in [0, 0.05) is 4.47 Å². The molecule has 1 unspecified atom stereocenters. The molecule has 2 amide bonds. The Morgan fingerprint density at radius 1 is 1.15 bits per heavy atom. The van der Waals surface area contributed by atoms with Crippen LogP contribution in [0.3, 0.4) is 0 Å². The van der Waals surface area contributed by atoms with Gasteiger partial charge in [-0.15, -0.1) is 0 Å². The summed E-state index contributed by atoms with van der Waals surface area (Å²) in [6.07, 6.45) is 2.84. The van der Waals surface area contributed by atoms with Gasteiger partial charge in [-0.25, -0.2) is 0 Å². The normalized spacial score (nSPS) is 16.9. The Kier molecular flexibility index (Phi) is 6.39. The van der Waals surface area contributed by atoms with Gasteiger partial charge >= 0.3 is 0 Å². The first kappa shape index (κ1) is 19.7. The van der Waals surface area contributed by atoms with Gasteiger partial charge < -0.3 is 4.74 Å². The summed E-state index contributed by atoms with van der Waals surface area (Å²) in [6.45, 7) is 4.35. The summed E-state index contributed by atoms with van der Waals surface area (Å²) < 4.78 is 6.64. The second-order valence-electron chi connectivity index (χ2n) is 6.27. The third-order valence-electron chi connectivity index (χ3n) is 4.25. The van der Waals surface area contributed by atoms with Crippen molar-refractivity contribution in [2.45, 2.75) is 32.9 Å². The van der Waals surface area contributed by atoms with Crippen LogP contribution in [0.1, 0.15) is 31.4 Å². The topological polar surface area (TPSA) is 46.6 Å². The quantitative estimate of drug-likeness (QED) is 0.522. The molecule has 3 rings (SSSR count). The van der Waals surface area contributed by atoms with Gasteiger partial charge in [-0.2, -0.15) is 0 Å². The van der Waals surface area contributed by atoms with Gasteiger partial charge in [0.2, 0.25) is 0 Å². The van der Waals surface area contributed by atoms with Crippen LogP contribution in [0.15, 0.2) is 57.9 Å². The Bertz CT molecular complexity index is 879. The maximum absolute atomic E-state index is 12.7. The first-order chi connectivity index (χ1) is 13.0. The lowest BCUT2D eigenvalue weighted by atomic mass is 10.2. The van der Waals surface area contributed by atoms with Crippen LogP contribution in [-0.2, 0) is 11.3 Å². The van der Waals surface area contributed by atoms with Crippen LogP contribution in [0.2, 0.25) is 0 Å². The Morgan fingerprint density at radius 3 is 2.52 bits per heavy atom. The molecule has 140 valence electrons. The van der Waals surface area contributed by atoms with Crippen molar-refractivity contribution >= 4 is 44.9 Å². The van der Waals surface area contributed by atoms with Crippen LogP contribution in [0.5, 0.6) is 5.75 Å². The van der Waals surface area contributed by atoms with Gasteiger partial charge in [0.05, 0.1) is 17.6 Å². The predicted molar refractivity (Wildman–Crippen MR) is 112 cm³/mol. The van der Waals surface area contributed by atoms with E-state index in [2.05, 4.69) is 22.9 Å². The van der Waals surface area contributed by atoms with E-state index in [9.17, 15) is 9.59 Å². The van der Waals surface area contributed by atoms with Gasteiger partial charge in [-0.1, -0.05) is 53.2 Å². The minimum atomic E-state index is -0.263. The Labute approximate surface area is 171 Å². The van der Waals surface area contributed by atoms with E-state index in [0.29, 0.717) is 4.91 Å². The van der Waals surface area contributed by atoms with E-state index in [0.717, 1.165) is 39.5 Å². The molecule has 2 aromatic carbocycles. The van der Waals surface area contributed by atoms with E-state index < -0.39 is 0 Å². The fourth-order valence-corrected chi connectivity index (χ4v) is 3.79. The van der Waals surface area contributed by atoms with Gasteiger partial charge in [0.25, 0.3) is 11.1 Å². The van der Waals surface area contributed by atoms with Crippen LogP contribution in [0.4, 0.5) is 4.79 Å². The number of carbonyl (C=O) groups is 2. The van der Waals surface area contributed by atoms with Crippen molar-refractivity contribution in [1.29, 1.82) is 0 Å². The number of benzene rings is 2. The zero-order valence-electron chi connectivity index (χ0n) is 15.1. The molecule has 0 aromatic heterocycles. The summed E-state index contributed by atoms with van der Waals surface area (Å²) in [5.74, 6) is 0.532. The fourth-order valence-electron chi connectivity index (χ4n) is 2.54. The van der Waals surface area contributed by atoms with Crippen LogP contribution >= 0.6 is 27.7 Å². The second kappa shape index (κ2) is 8.76. The van der Waals surface area contributed by atoms with E-state index in [1.54, 1.807) is 6.08 Å². The highest BCUT2D eigenvalue weighted by atomic mass is 79.9. The lowest BCUT2D eigenvalue weighted by Crippen LogP contribution is -2.27. The maximum atomic E-state index is 12.7. The zero-order valence-corrected chi connectivity index (χ0v) is 17.5. The minimum absolute atomic E-state index is 0.157. The third kappa shape index (κ3) is 4.82. The standard InChI is InChI=1S/C21H20BrNO3S/c1-3-14(2)26-17-10-8-15(9-11-17)12-19-20(24)23(21(25)27-19)13-16-6-4-5-7-18(16)22/h4-12,14H,3,13H2,1-2H3/b19-12-. The molecule has 0 N–H and O–H groups in total. The van der Waals surface area contributed by atoms with E-state index in [4.69, 9.17) is 4.74 Å². The molecular formula is C21H20BrNO3S. The van der Waals surface area contributed by atoms with Crippen LogP contribution in [0, 0.1) is 0 Å². The molecule has 4 nitrogen and oxygen atoms in total. The molecule has 27 heavy (non-hydrogen) atoms. The highest BCUT2D eigenvalue weighted by molar-refractivity contribution is 9.10. The largest absolute Gasteiger partial charge is 0.491 e. The Morgan fingerprint density at radius 2 is 1.85 bits per heavy atom. The summed E-state index contributed by atoms with van der Waals surface area (Å²) in [7, 11) is 0. The number of rotatable bonds is 6. The molecule has 0 radical (unpaired) electrons. The van der Waals surface area contributed by atoms with E-state index in [-0.39, 0.29) is 23.8 Å². The summed E-state index contributed by atoms with van der Waals surface area (Å²) in [5, 5.41) is -0.251. The fraction of sp³-hybridized carbons (Fsp3) is 0.238. The number of ether oxygens (including phenoxy) is 1. The van der Waals surface area contributed by atoms with Crippen molar-refractivity contribution in [1.82, 2.24) is 4.90 Å². The van der Waals surface area contributed by atoms with Crippen molar-refractivity contribution < 1.29 is 14.3 Å². The number of thioether (sulfide) groups is 1. The van der Waals surface area contributed by atoms with Crippen molar-refractivity contribution in [3.05, 3.63) is 69.0 Å². The SMILES string of the molecule is CCC(C)Oc1ccc(/C=C2\SC(=O)N(Cc3ccccc3Br)C2=O)cc1. The van der Waals surface area contributed by atoms with Crippen LogP contribution < -0.4 is 4.74 Å². The number of imide groups is 1. The zero-order chi connectivity index (χ0) is 19.4. The number of hydrogen-bond donors (Lipinski definition) is 0. The van der Waals surface area contributed by atoms with Gasteiger partial charge in [-0.05, 0) is 60.5 Å². The lowest BCUT2D eigenvalue weighted by Gasteiger charge is -2.13. The molecule has 1 aliphatic heterocycles. The third-order valence-corrected chi connectivity index (χ3v) is 5.93. The summed E-state index contributed by atoms with van der Waals surface area (Å²) >= 11 is 4.43. The highest BCUT2D eigenvalue weighted by Gasteiger charge is 2.35. The van der Waals surface area contributed by atoms with E-state index in [1.807, 2.05) is 55.5 Å². The molecule has 1 heterocycles. The number of hydrogen-bond acceptors (Lipinski definition) is 4. The molecule has 0 bridgehead atoms. The molecule has 0 spiro atoms. The molecule has 0 aliphatic carbocycles. The highest BCUT2D eigenvalue weighted by Crippen LogP contribution is 2.34. The van der Waals surface area contributed by atoms with Crippen LogP contribution in [-0.4, -0.2) is 22.2 Å². The molecule has 1 atom stereocenters. The van der Waals surface area contributed by atoms with Gasteiger partial charge in [0.15, 0.2) is 0 Å². The average molecular weight is 446 g/mol. The Balaban J connectivity index is 1.73. The number of carbonyl (C=O) groups excluding carboxylic acids is 2. The average Bonchev–Trinajstić information content (AvgIpc) is 2.92. The molecular weight excluding hydrogens is 426 g/mol.